The fourth-order valence-corrected chi connectivity index (χ4v) is 4.29. The fraction of sp³-hybridized carbons (Fsp3) is 0.370. The van der Waals surface area contributed by atoms with E-state index in [9.17, 15) is 4.79 Å². The average molecular weight is 469 g/mol. The Labute approximate surface area is 202 Å². The average Bonchev–Trinajstić information content (AvgIpc) is 2.82. The third-order valence-corrected chi connectivity index (χ3v) is 6.57. The Morgan fingerprint density at radius 3 is 2.39 bits per heavy atom. The van der Waals surface area contributed by atoms with E-state index in [2.05, 4.69) is 23.4 Å². The quantitative estimate of drug-likeness (QED) is 0.292. The molecule has 5 nitrogen and oxygen atoms in total. The highest BCUT2D eigenvalue weighted by atomic mass is 35.5. The summed E-state index contributed by atoms with van der Waals surface area (Å²) in [5.74, 6) is 1.10. The molecule has 3 rings (SSSR count). The normalized spacial score (nSPS) is 15.0. The zero-order valence-corrected chi connectivity index (χ0v) is 20.9. The van der Waals surface area contributed by atoms with E-state index in [4.69, 9.17) is 21.1 Å². The number of piperazine rings is 1. The van der Waals surface area contributed by atoms with Crippen LogP contribution in [0.15, 0.2) is 49.1 Å². The maximum absolute atomic E-state index is 13.2. The van der Waals surface area contributed by atoms with Gasteiger partial charge in [0, 0.05) is 48.4 Å². The molecule has 2 aromatic carbocycles. The van der Waals surface area contributed by atoms with Crippen LogP contribution < -0.4 is 14.4 Å². The first-order chi connectivity index (χ1) is 15.7. The number of ketones is 1. The molecule has 1 saturated heterocycles. The summed E-state index contributed by atoms with van der Waals surface area (Å²) >= 11 is 6.49. The van der Waals surface area contributed by atoms with Gasteiger partial charge in [-0.3, -0.25) is 4.79 Å². The number of carbonyl (C=O) groups is 1. The van der Waals surface area contributed by atoms with Crippen LogP contribution in [0.1, 0.15) is 35.3 Å². The molecular formula is C27H33ClN2O3. The SMILES string of the molecule is C=CC(C)(C)c1cc(C(=O)C=Cc2ccc(OC)cc2N2CCN(C)CC2)c(OC)cc1Cl. The number of benzene rings is 2. The van der Waals surface area contributed by atoms with Gasteiger partial charge in [-0.15, -0.1) is 6.58 Å². The molecule has 1 fully saturated rings. The molecule has 0 radical (unpaired) electrons. The number of hydrogen-bond acceptors (Lipinski definition) is 5. The van der Waals surface area contributed by atoms with Gasteiger partial charge in [0.1, 0.15) is 11.5 Å². The minimum absolute atomic E-state index is 0.148. The van der Waals surface area contributed by atoms with E-state index in [1.54, 1.807) is 26.4 Å². The molecule has 0 saturated carbocycles. The van der Waals surface area contributed by atoms with Crippen molar-refractivity contribution in [1.29, 1.82) is 0 Å². The number of anilines is 1. The molecule has 33 heavy (non-hydrogen) atoms. The molecule has 0 aliphatic carbocycles. The number of halogens is 1. The molecule has 0 bridgehead atoms. The lowest BCUT2D eigenvalue weighted by Gasteiger charge is -2.35. The highest BCUT2D eigenvalue weighted by Crippen LogP contribution is 2.36. The van der Waals surface area contributed by atoms with Crippen molar-refractivity contribution in [2.75, 3.05) is 52.3 Å². The highest BCUT2D eigenvalue weighted by molar-refractivity contribution is 6.32. The minimum atomic E-state index is -0.382. The van der Waals surface area contributed by atoms with Crippen LogP contribution in [0.2, 0.25) is 5.02 Å². The van der Waals surface area contributed by atoms with Crippen molar-refractivity contribution >= 4 is 29.1 Å². The molecule has 0 amide bonds. The van der Waals surface area contributed by atoms with Crippen LogP contribution >= 0.6 is 11.6 Å². The number of hydrogen-bond donors (Lipinski definition) is 0. The smallest absolute Gasteiger partial charge is 0.189 e. The first-order valence-electron chi connectivity index (χ1n) is 11.1. The zero-order chi connectivity index (χ0) is 24.2. The van der Waals surface area contributed by atoms with Crippen molar-refractivity contribution in [3.8, 4) is 11.5 Å². The van der Waals surface area contributed by atoms with Crippen LogP contribution in [0.3, 0.4) is 0 Å². The topological polar surface area (TPSA) is 42.0 Å². The lowest BCUT2D eigenvalue weighted by molar-refractivity contribution is 0.104. The summed E-state index contributed by atoms with van der Waals surface area (Å²) in [5.41, 5.74) is 2.94. The van der Waals surface area contributed by atoms with Gasteiger partial charge in [0.15, 0.2) is 5.78 Å². The van der Waals surface area contributed by atoms with Crippen molar-refractivity contribution < 1.29 is 14.3 Å². The van der Waals surface area contributed by atoms with E-state index >= 15 is 0 Å². The molecular weight excluding hydrogens is 436 g/mol. The fourth-order valence-electron chi connectivity index (χ4n) is 3.89. The van der Waals surface area contributed by atoms with E-state index in [1.807, 2.05) is 50.3 Å². The van der Waals surface area contributed by atoms with E-state index in [0.29, 0.717) is 16.3 Å². The van der Waals surface area contributed by atoms with Crippen molar-refractivity contribution in [2.45, 2.75) is 19.3 Å². The standard InChI is InChI=1S/C27H33ClN2O3/c1-7-27(2,3)22-17-21(26(33-6)18-23(22)28)25(31)11-9-19-8-10-20(32-5)16-24(19)30-14-12-29(4)13-15-30/h7-11,16-18H,1,12-15H2,2-6H3. The number of methoxy groups -OCH3 is 2. The van der Waals surface area contributed by atoms with Crippen molar-refractivity contribution in [3.05, 3.63) is 70.8 Å². The number of rotatable bonds is 8. The maximum Gasteiger partial charge on any atom is 0.189 e. The molecule has 6 heteroatoms. The molecule has 2 aromatic rings. The van der Waals surface area contributed by atoms with Gasteiger partial charge in [-0.2, -0.15) is 0 Å². The first kappa shape index (κ1) is 24.9. The molecule has 1 aliphatic rings. The highest BCUT2D eigenvalue weighted by Gasteiger charge is 2.24. The van der Waals surface area contributed by atoms with E-state index in [-0.39, 0.29) is 11.2 Å². The van der Waals surface area contributed by atoms with Gasteiger partial charge >= 0.3 is 0 Å². The summed E-state index contributed by atoms with van der Waals surface area (Å²) in [6.45, 7) is 11.8. The second kappa shape index (κ2) is 10.4. The minimum Gasteiger partial charge on any atom is -0.497 e. The van der Waals surface area contributed by atoms with Crippen LogP contribution in [0.4, 0.5) is 5.69 Å². The summed E-state index contributed by atoms with van der Waals surface area (Å²) in [5, 5.41) is 0.546. The lowest BCUT2D eigenvalue weighted by atomic mass is 9.83. The summed E-state index contributed by atoms with van der Waals surface area (Å²) in [4.78, 5) is 17.9. The van der Waals surface area contributed by atoms with Gasteiger partial charge in [0.2, 0.25) is 0 Å². The van der Waals surface area contributed by atoms with E-state index in [1.165, 1.54) is 0 Å². The first-order valence-corrected chi connectivity index (χ1v) is 11.4. The number of ether oxygens (including phenoxy) is 2. The van der Waals surface area contributed by atoms with Gasteiger partial charge in [0.05, 0.1) is 19.8 Å². The number of allylic oxidation sites excluding steroid dienone is 2. The number of carbonyl (C=O) groups excluding carboxylic acids is 1. The van der Waals surface area contributed by atoms with E-state index < -0.39 is 0 Å². The summed E-state index contributed by atoms with van der Waals surface area (Å²) in [6, 6.07) is 9.44. The molecule has 176 valence electrons. The Morgan fingerprint density at radius 2 is 1.79 bits per heavy atom. The van der Waals surface area contributed by atoms with Crippen LogP contribution in [-0.2, 0) is 5.41 Å². The molecule has 0 N–H and O–H groups in total. The number of likely N-dealkylation sites (N-methyl/N-ethyl adjacent to an activating group) is 1. The maximum atomic E-state index is 13.2. The van der Waals surface area contributed by atoms with E-state index in [0.717, 1.165) is 48.7 Å². The van der Waals surface area contributed by atoms with Crippen LogP contribution in [0.25, 0.3) is 6.08 Å². The van der Waals surface area contributed by atoms with Crippen molar-refractivity contribution in [3.63, 3.8) is 0 Å². The Hall–Kier alpha value is -2.76. The van der Waals surface area contributed by atoms with Gasteiger partial charge in [0.25, 0.3) is 0 Å². The Balaban J connectivity index is 1.96. The second-order valence-electron chi connectivity index (χ2n) is 8.87. The summed E-state index contributed by atoms with van der Waals surface area (Å²) in [7, 11) is 5.33. The summed E-state index contributed by atoms with van der Waals surface area (Å²) in [6.07, 6.45) is 5.28. The Morgan fingerprint density at radius 1 is 1.09 bits per heavy atom. The van der Waals surface area contributed by atoms with Gasteiger partial charge in [-0.25, -0.2) is 0 Å². The van der Waals surface area contributed by atoms with Crippen LogP contribution in [-0.4, -0.2) is 58.1 Å². The van der Waals surface area contributed by atoms with Gasteiger partial charge in [-0.05, 0) is 54.6 Å². The van der Waals surface area contributed by atoms with Gasteiger partial charge in [-0.1, -0.05) is 31.5 Å². The van der Waals surface area contributed by atoms with Crippen LogP contribution in [0.5, 0.6) is 11.5 Å². The molecule has 0 unspecified atom stereocenters. The van der Waals surface area contributed by atoms with Gasteiger partial charge < -0.3 is 19.3 Å². The molecule has 0 atom stereocenters. The molecule has 1 aliphatic heterocycles. The van der Waals surface area contributed by atoms with Crippen molar-refractivity contribution in [2.24, 2.45) is 0 Å². The van der Waals surface area contributed by atoms with Crippen LogP contribution in [0, 0.1) is 0 Å². The predicted molar refractivity (Wildman–Crippen MR) is 137 cm³/mol. The largest absolute Gasteiger partial charge is 0.497 e. The third kappa shape index (κ3) is 5.60. The number of nitrogens with zero attached hydrogens (tertiary/aromatic N) is 2. The predicted octanol–water partition coefficient (Wildman–Crippen LogP) is 5.47. The second-order valence-corrected chi connectivity index (χ2v) is 9.28. The summed E-state index contributed by atoms with van der Waals surface area (Å²) < 4.78 is 10.9. The third-order valence-electron chi connectivity index (χ3n) is 6.25. The monoisotopic (exact) mass is 468 g/mol. The molecule has 1 heterocycles. The molecule has 0 spiro atoms. The Kier molecular flexibility index (Phi) is 7.88. The molecule has 0 aromatic heterocycles. The zero-order valence-electron chi connectivity index (χ0n) is 20.2. The lowest BCUT2D eigenvalue weighted by Crippen LogP contribution is -2.44. The Bertz CT molecular complexity index is 1050. The van der Waals surface area contributed by atoms with Crippen molar-refractivity contribution in [1.82, 2.24) is 4.90 Å².